The van der Waals surface area contributed by atoms with Gasteiger partial charge in [-0.05, 0) is 42.5 Å². The molecule has 0 bridgehead atoms. The quantitative estimate of drug-likeness (QED) is 0.463. The lowest BCUT2D eigenvalue weighted by Crippen LogP contribution is -2.13. The summed E-state index contributed by atoms with van der Waals surface area (Å²) in [6.07, 6.45) is 3.49. The number of anilines is 3. The highest BCUT2D eigenvalue weighted by molar-refractivity contribution is 7.14. The van der Waals surface area contributed by atoms with Crippen LogP contribution in [0.5, 0.6) is 5.75 Å². The van der Waals surface area contributed by atoms with Crippen molar-refractivity contribution in [2.45, 2.75) is 0 Å². The summed E-state index contributed by atoms with van der Waals surface area (Å²) in [5, 5.41) is 8.95. The van der Waals surface area contributed by atoms with Crippen molar-refractivity contribution in [2.24, 2.45) is 0 Å². The van der Waals surface area contributed by atoms with Crippen LogP contribution in [0, 0.1) is 0 Å². The van der Waals surface area contributed by atoms with E-state index in [0.717, 1.165) is 22.1 Å². The molecule has 7 heteroatoms. The van der Waals surface area contributed by atoms with E-state index in [1.54, 1.807) is 37.7 Å². The smallest absolute Gasteiger partial charge is 0.259 e. The van der Waals surface area contributed by atoms with E-state index in [4.69, 9.17) is 4.74 Å². The minimum atomic E-state index is -0.228. The van der Waals surface area contributed by atoms with Crippen LogP contribution >= 0.6 is 11.3 Å². The first-order chi connectivity index (χ1) is 14.2. The minimum Gasteiger partial charge on any atom is -0.496 e. The largest absolute Gasteiger partial charge is 0.496 e. The van der Waals surface area contributed by atoms with Crippen molar-refractivity contribution in [1.82, 2.24) is 9.97 Å². The fourth-order valence-corrected chi connectivity index (χ4v) is 3.56. The van der Waals surface area contributed by atoms with Gasteiger partial charge in [0.25, 0.3) is 5.91 Å². The molecule has 0 saturated carbocycles. The highest BCUT2D eigenvalue weighted by Crippen LogP contribution is 2.28. The van der Waals surface area contributed by atoms with Crippen LogP contribution in [0.1, 0.15) is 10.4 Å². The van der Waals surface area contributed by atoms with Crippen molar-refractivity contribution >= 4 is 33.8 Å². The molecule has 6 nitrogen and oxygen atoms in total. The Kier molecular flexibility index (Phi) is 5.49. The number of methoxy groups -OCH3 is 1. The van der Waals surface area contributed by atoms with E-state index in [1.165, 1.54) is 11.3 Å². The fourth-order valence-electron chi connectivity index (χ4n) is 2.82. The monoisotopic (exact) mass is 402 g/mol. The van der Waals surface area contributed by atoms with Gasteiger partial charge in [0.05, 0.1) is 18.4 Å². The van der Waals surface area contributed by atoms with Gasteiger partial charge in [0.2, 0.25) is 0 Å². The van der Waals surface area contributed by atoms with E-state index in [9.17, 15) is 4.79 Å². The zero-order valence-corrected chi connectivity index (χ0v) is 16.4. The number of pyridine rings is 1. The summed E-state index contributed by atoms with van der Waals surface area (Å²) >= 11 is 1.51. The van der Waals surface area contributed by atoms with Gasteiger partial charge < -0.3 is 15.4 Å². The van der Waals surface area contributed by atoms with Gasteiger partial charge in [0.1, 0.15) is 5.75 Å². The molecule has 2 aromatic carbocycles. The van der Waals surface area contributed by atoms with E-state index >= 15 is 0 Å². The fraction of sp³-hybridized carbons (Fsp3) is 0.0455. The number of rotatable bonds is 6. The molecule has 0 radical (unpaired) electrons. The molecule has 4 aromatic rings. The van der Waals surface area contributed by atoms with E-state index in [-0.39, 0.29) is 5.91 Å². The lowest BCUT2D eigenvalue weighted by Gasteiger charge is -2.10. The predicted molar refractivity (Wildman–Crippen MR) is 116 cm³/mol. The summed E-state index contributed by atoms with van der Waals surface area (Å²) in [6, 6.07) is 18.5. The third kappa shape index (κ3) is 4.41. The number of amides is 1. The number of hydrogen-bond donors (Lipinski definition) is 2. The van der Waals surface area contributed by atoms with Gasteiger partial charge >= 0.3 is 0 Å². The summed E-state index contributed by atoms with van der Waals surface area (Å²) < 4.78 is 5.26. The minimum absolute atomic E-state index is 0.228. The molecule has 144 valence electrons. The Morgan fingerprint density at radius 2 is 1.79 bits per heavy atom. The van der Waals surface area contributed by atoms with Gasteiger partial charge in [-0.25, -0.2) is 4.98 Å². The zero-order chi connectivity index (χ0) is 20.1. The molecule has 2 N–H and O–H groups in total. The maximum absolute atomic E-state index is 12.6. The first-order valence-corrected chi connectivity index (χ1v) is 9.78. The number of hydrogen-bond acceptors (Lipinski definition) is 6. The molecule has 0 aliphatic heterocycles. The van der Waals surface area contributed by atoms with Crippen molar-refractivity contribution < 1.29 is 9.53 Å². The Morgan fingerprint density at radius 3 is 2.62 bits per heavy atom. The Hall–Kier alpha value is -3.71. The molecule has 0 fully saturated rings. The van der Waals surface area contributed by atoms with Gasteiger partial charge in [-0.15, -0.1) is 11.3 Å². The van der Waals surface area contributed by atoms with Gasteiger partial charge in [0.15, 0.2) is 5.13 Å². The highest BCUT2D eigenvalue weighted by atomic mass is 32.1. The van der Waals surface area contributed by atoms with Crippen LogP contribution in [-0.2, 0) is 0 Å². The number of thiazole rings is 1. The molecule has 0 aliphatic rings. The molecule has 0 aliphatic carbocycles. The molecule has 0 unspecified atom stereocenters. The summed E-state index contributed by atoms with van der Waals surface area (Å²) in [6.45, 7) is 0. The van der Waals surface area contributed by atoms with Crippen molar-refractivity contribution in [3.05, 3.63) is 84.0 Å². The SMILES string of the molecule is COc1ccccc1C(=O)Nc1cccc(Nc2nc(-c3ccncc3)cs2)c1. The number of carbonyl (C=O) groups excluding carboxylic acids is 1. The van der Waals surface area contributed by atoms with Crippen LogP contribution in [0.2, 0.25) is 0 Å². The van der Waals surface area contributed by atoms with E-state index in [0.29, 0.717) is 17.0 Å². The third-order valence-electron chi connectivity index (χ3n) is 4.20. The molecule has 29 heavy (non-hydrogen) atoms. The van der Waals surface area contributed by atoms with E-state index in [2.05, 4.69) is 20.6 Å². The Morgan fingerprint density at radius 1 is 1.00 bits per heavy atom. The van der Waals surface area contributed by atoms with Crippen molar-refractivity contribution in [3.8, 4) is 17.0 Å². The molecular weight excluding hydrogens is 384 g/mol. The number of para-hydroxylation sites is 1. The van der Waals surface area contributed by atoms with Crippen molar-refractivity contribution in [2.75, 3.05) is 17.7 Å². The molecular formula is C22H18N4O2S. The molecule has 2 heterocycles. The van der Waals surface area contributed by atoms with Gasteiger partial charge in [0, 0.05) is 34.7 Å². The number of aromatic nitrogens is 2. The van der Waals surface area contributed by atoms with Gasteiger partial charge in [-0.1, -0.05) is 18.2 Å². The first kappa shape index (κ1) is 18.6. The molecule has 4 rings (SSSR count). The van der Waals surface area contributed by atoms with Crippen LogP contribution in [0.25, 0.3) is 11.3 Å². The summed E-state index contributed by atoms with van der Waals surface area (Å²) in [4.78, 5) is 21.2. The molecule has 0 atom stereocenters. The second-order valence-electron chi connectivity index (χ2n) is 6.13. The van der Waals surface area contributed by atoms with E-state index in [1.807, 2.05) is 47.8 Å². The molecule has 2 aromatic heterocycles. The number of benzene rings is 2. The third-order valence-corrected chi connectivity index (χ3v) is 4.96. The first-order valence-electron chi connectivity index (χ1n) is 8.90. The van der Waals surface area contributed by atoms with Crippen LogP contribution in [0.4, 0.5) is 16.5 Å². The Bertz CT molecular complexity index is 1130. The predicted octanol–water partition coefficient (Wildman–Crippen LogP) is 5.21. The average molecular weight is 402 g/mol. The van der Waals surface area contributed by atoms with Crippen LogP contribution < -0.4 is 15.4 Å². The van der Waals surface area contributed by atoms with Crippen LogP contribution in [-0.4, -0.2) is 23.0 Å². The topological polar surface area (TPSA) is 76.1 Å². The lowest BCUT2D eigenvalue weighted by atomic mass is 10.2. The number of carbonyl (C=O) groups is 1. The number of nitrogens with zero attached hydrogens (tertiary/aromatic N) is 2. The molecule has 1 amide bonds. The van der Waals surface area contributed by atoms with E-state index < -0.39 is 0 Å². The number of ether oxygens (including phenoxy) is 1. The maximum atomic E-state index is 12.6. The summed E-state index contributed by atoms with van der Waals surface area (Å²) in [5.41, 5.74) is 3.90. The Balaban J connectivity index is 1.48. The van der Waals surface area contributed by atoms with Gasteiger partial charge in [-0.2, -0.15) is 0 Å². The highest BCUT2D eigenvalue weighted by Gasteiger charge is 2.12. The molecule has 0 spiro atoms. The van der Waals surface area contributed by atoms with Crippen LogP contribution in [0.15, 0.2) is 78.4 Å². The second-order valence-corrected chi connectivity index (χ2v) is 6.99. The zero-order valence-electron chi connectivity index (χ0n) is 15.6. The summed E-state index contributed by atoms with van der Waals surface area (Å²) in [7, 11) is 1.55. The number of nitrogens with one attached hydrogen (secondary N) is 2. The lowest BCUT2D eigenvalue weighted by molar-refractivity contribution is 0.102. The standard InChI is InChI=1S/C22H18N4O2S/c1-28-20-8-3-2-7-18(20)21(27)24-16-5-4-6-17(13-16)25-22-26-19(14-29-22)15-9-11-23-12-10-15/h2-14H,1H3,(H,24,27)(H,25,26). The average Bonchev–Trinajstić information content (AvgIpc) is 3.23. The normalized spacial score (nSPS) is 10.4. The van der Waals surface area contributed by atoms with Gasteiger partial charge in [-0.3, -0.25) is 9.78 Å². The van der Waals surface area contributed by atoms with Crippen LogP contribution in [0.3, 0.4) is 0 Å². The van der Waals surface area contributed by atoms with Crippen molar-refractivity contribution in [1.29, 1.82) is 0 Å². The Labute approximate surface area is 172 Å². The maximum Gasteiger partial charge on any atom is 0.259 e. The summed E-state index contributed by atoms with van der Waals surface area (Å²) in [5.74, 6) is 0.305. The molecule has 0 saturated heterocycles. The van der Waals surface area contributed by atoms with Crippen molar-refractivity contribution in [3.63, 3.8) is 0 Å². The second kappa shape index (κ2) is 8.53.